The van der Waals surface area contributed by atoms with E-state index < -0.39 is 18.3 Å². The molecule has 1 atom stereocenters. The number of carbonyl (C=O) groups excluding carboxylic acids is 1. The fraction of sp³-hybridized carbons (Fsp3) is 0.214. The van der Waals surface area contributed by atoms with Crippen LogP contribution in [0.3, 0.4) is 0 Å². The van der Waals surface area contributed by atoms with Crippen LogP contribution in [0.1, 0.15) is 37.6 Å². The van der Waals surface area contributed by atoms with E-state index >= 15 is 0 Å². The lowest BCUT2D eigenvalue weighted by atomic mass is 10.1. The number of para-hydroxylation sites is 1. The Morgan fingerprint density at radius 1 is 1.25 bits per heavy atom. The van der Waals surface area contributed by atoms with Crippen LogP contribution in [0, 0.1) is 5.82 Å². The van der Waals surface area contributed by atoms with Gasteiger partial charge in [0, 0.05) is 20.4 Å². The molecule has 1 amide bonds. The highest BCUT2D eigenvalue weighted by Gasteiger charge is 2.20. The number of fused-ring (bicyclic) bond motifs is 1. The molecule has 0 aliphatic rings. The van der Waals surface area contributed by atoms with Crippen molar-refractivity contribution in [3.05, 3.63) is 90.1 Å². The Labute approximate surface area is 251 Å². The summed E-state index contributed by atoms with van der Waals surface area (Å²) in [7, 11) is 1.42. The van der Waals surface area contributed by atoms with Crippen molar-refractivity contribution in [2.75, 3.05) is 19.0 Å². The molecule has 0 fully saturated rings. The maximum absolute atomic E-state index is 13.9. The van der Waals surface area contributed by atoms with Crippen molar-refractivity contribution in [3.8, 4) is 11.5 Å². The number of carbonyl (C=O) groups is 1. The number of amides is 1. The van der Waals surface area contributed by atoms with Crippen molar-refractivity contribution in [2.45, 2.75) is 26.2 Å². The fourth-order valence-corrected chi connectivity index (χ4v) is 4.79. The predicted octanol–water partition coefficient (Wildman–Crippen LogP) is 7.14. The van der Waals surface area contributed by atoms with Gasteiger partial charge in [-0.3, -0.25) is 9.59 Å². The summed E-state index contributed by atoms with van der Waals surface area (Å²) in [6, 6.07) is 12.7. The molecule has 8 nitrogen and oxygen atoms in total. The van der Waals surface area contributed by atoms with Crippen molar-refractivity contribution in [2.24, 2.45) is 5.10 Å². The van der Waals surface area contributed by atoms with E-state index in [4.69, 9.17) is 26.1 Å². The number of nitrogens with zero attached hydrogens (tertiary/aromatic N) is 3. The highest BCUT2D eigenvalue weighted by atomic mass is 79.9. The smallest absolute Gasteiger partial charge is 0.282 e. The van der Waals surface area contributed by atoms with Crippen LogP contribution in [0.4, 0.5) is 10.1 Å². The Bertz CT molecular complexity index is 1680. The van der Waals surface area contributed by atoms with Crippen LogP contribution in [0.15, 0.2) is 67.4 Å². The van der Waals surface area contributed by atoms with Gasteiger partial charge in [0.25, 0.3) is 11.5 Å². The zero-order valence-corrected chi connectivity index (χ0v) is 25.6. The van der Waals surface area contributed by atoms with Gasteiger partial charge in [0.05, 0.1) is 29.9 Å². The largest absolute Gasteiger partial charge is 0.493 e. The summed E-state index contributed by atoms with van der Waals surface area (Å²) in [4.78, 5) is 30.5. The normalized spacial score (nSPS) is 12.1. The quantitative estimate of drug-likeness (QED) is 0.188. The van der Waals surface area contributed by atoms with Gasteiger partial charge in [0.2, 0.25) is 0 Å². The SMILES string of the molecule is CC[C@H](C)c1nc2ccc(Br)cc2c(=O)n1N=Cc1cc(OC)c(OCC(=O)Nc2ccccc2F)c(Cl)c1Br. The lowest BCUT2D eigenvalue weighted by Crippen LogP contribution is -2.23. The zero-order chi connectivity index (χ0) is 29.0. The first-order valence-corrected chi connectivity index (χ1v) is 14.1. The van der Waals surface area contributed by atoms with Gasteiger partial charge >= 0.3 is 0 Å². The first-order valence-electron chi connectivity index (χ1n) is 12.1. The molecule has 0 saturated carbocycles. The highest BCUT2D eigenvalue weighted by molar-refractivity contribution is 9.10. The number of halogens is 4. The van der Waals surface area contributed by atoms with Gasteiger partial charge < -0.3 is 14.8 Å². The van der Waals surface area contributed by atoms with Gasteiger partial charge in [-0.25, -0.2) is 9.37 Å². The second-order valence-electron chi connectivity index (χ2n) is 8.74. The summed E-state index contributed by atoms with van der Waals surface area (Å²) in [5.74, 6) is -0.339. The molecule has 0 bridgehead atoms. The van der Waals surface area contributed by atoms with Crippen molar-refractivity contribution in [1.82, 2.24) is 9.66 Å². The van der Waals surface area contributed by atoms with Gasteiger partial charge in [-0.2, -0.15) is 9.78 Å². The maximum atomic E-state index is 13.9. The van der Waals surface area contributed by atoms with Gasteiger partial charge in [-0.1, -0.05) is 53.5 Å². The summed E-state index contributed by atoms with van der Waals surface area (Å²) < 4.78 is 27.4. The molecular weight excluding hydrogens is 671 g/mol. The molecule has 0 aliphatic carbocycles. The van der Waals surface area contributed by atoms with E-state index in [1.54, 1.807) is 24.3 Å². The molecule has 4 rings (SSSR count). The van der Waals surface area contributed by atoms with E-state index in [1.807, 2.05) is 19.9 Å². The van der Waals surface area contributed by atoms with Crippen molar-refractivity contribution < 1.29 is 18.7 Å². The van der Waals surface area contributed by atoms with E-state index in [2.05, 4.69) is 42.3 Å². The molecule has 1 heterocycles. The van der Waals surface area contributed by atoms with Gasteiger partial charge in [0.1, 0.15) is 16.7 Å². The summed E-state index contributed by atoms with van der Waals surface area (Å²) in [6.07, 6.45) is 2.22. The second-order valence-corrected chi connectivity index (χ2v) is 10.8. The van der Waals surface area contributed by atoms with Crippen molar-refractivity contribution >= 4 is 72.2 Å². The zero-order valence-electron chi connectivity index (χ0n) is 21.7. The number of aromatic nitrogens is 2. The topological polar surface area (TPSA) is 94.8 Å². The molecule has 4 aromatic rings. The van der Waals surface area contributed by atoms with Crippen molar-refractivity contribution in [3.63, 3.8) is 0 Å². The molecule has 0 unspecified atom stereocenters. The average Bonchev–Trinajstić information content (AvgIpc) is 2.94. The summed E-state index contributed by atoms with van der Waals surface area (Å²) in [5.41, 5.74) is 0.792. The molecule has 0 radical (unpaired) electrons. The minimum absolute atomic E-state index is 0.0319. The first-order chi connectivity index (χ1) is 19.1. The molecule has 1 aromatic heterocycles. The van der Waals surface area contributed by atoms with E-state index in [0.29, 0.717) is 26.8 Å². The first kappa shape index (κ1) is 29.7. The van der Waals surface area contributed by atoms with E-state index in [1.165, 1.54) is 36.2 Å². The Morgan fingerprint density at radius 3 is 2.70 bits per heavy atom. The van der Waals surface area contributed by atoms with E-state index in [9.17, 15) is 14.0 Å². The van der Waals surface area contributed by atoms with Crippen LogP contribution in [0.2, 0.25) is 5.02 Å². The number of rotatable bonds is 9. The van der Waals surface area contributed by atoms with Crippen LogP contribution in [-0.4, -0.2) is 35.5 Å². The molecule has 12 heteroatoms. The van der Waals surface area contributed by atoms with Crippen LogP contribution in [-0.2, 0) is 4.79 Å². The average molecular weight is 695 g/mol. The number of benzene rings is 3. The number of nitrogens with one attached hydrogen (secondary N) is 1. The van der Waals surface area contributed by atoms with Gasteiger partial charge in [-0.05, 0) is 58.7 Å². The molecule has 208 valence electrons. The predicted molar refractivity (Wildman–Crippen MR) is 162 cm³/mol. The van der Waals surface area contributed by atoms with Gasteiger partial charge in [-0.15, -0.1) is 0 Å². The minimum atomic E-state index is -0.586. The molecule has 0 aliphatic heterocycles. The summed E-state index contributed by atoms with van der Waals surface area (Å²) >= 11 is 13.4. The minimum Gasteiger partial charge on any atom is -0.493 e. The van der Waals surface area contributed by atoms with Crippen LogP contribution >= 0.6 is 43.5 Å². The number of hydrogen-bond donors (Lipinski definition) is 1. The molecule has 0 saturated heterocycles. The van der Waals surface area contributed by atoms with Gasteiger partial charge in [0.15, 0.2) is 18.1 Å². The number of hydrogen-bond acceptors (Lipinski definition) is 6. The third-order valence-electron chi connectivity index (χ3n) is 6.07. The maximum Gasteiger partial charge on any atom is 0.282 e. The molecular formula is C28H24Br2ClFN4O4. The van der Waals surface area contributed by atoms with Crippen LogP contribution in [0.25, 0.3) is 10.9 Å². The lowest BCUT2D eigenvalue weighted by Gasteiger charge is -2.16. The van der Waals surface area contributed by atoms with Crippen LogP contribution < -0.4 is 20.3 Å². The monoisotopic (exact) mass is 692 g/mol. The Balaban J connectivity index is 1.66. The molecule has 3 aromatic carbocycles. The number of ether oxygens (including phenoxy) is 2. The van der Waals surface area contributed by atoms with Crippen molar-refractivity contribution in [1.29, 1.82) is 0 Å². The summed E-state index contributed by atoms with van der Waals surface area (Å²) in [6.45, 7) is 3.53. The van der Waals surface area contributed by atoms with E-state index in [-0.39, 0.29) is 33.7 Å². The molecule has 1 N–H and O–H groups in total. The Hall–Kier alpha value is -3.28. The standard InChI is InChI=1S/C28H24Br2ClFN4O4/c1-4-15(2)27-35-20-10-9-17(29)12-18(20)28(38)36(27)33-13-16-11-22(39-3)26(25(31)24(16)30)40-14-23(37)34-21-8-6-5-7-19(21)32/h5-13,15H,4,14H2,1-3H3,(H,34,37)/t15-/m0/s1. The Morgan fingerprint density at radius 2 is 2.00 bits per heavy atom. The third kappa shape index (κ3) is 6.37. The van der Waals surface area contributed by atoms with E-state index in [0.717, 1.165) is 10.9 Å². The molecule has 0 spiro atoms. The number of methoxy groups -OCH3 is 1. The second kappa shape index (κ2) is 12.9. The van der Waals surface area contributed by atoms with Crippen LogP contribution in [0.5, 0.6) is 11.5 Å². The molecule has 40 heavy (non-hydrogen) atoms. The summed E-state index contributed by atoms with van der Waals surface area (Å²) in [5, 5.41) is 7.47. The third-order valence-corrected chi connectivity index (χ3v) is 8.01. The fourth-order valence-electron chi connectivity index (χ4n) is 3.77. The highest BCUT2D eigenvalue weighted by Crippen LogP contribution is 2.42. The Kier molecular flexibility index (Phi) is 9.60. The number of anilines is 1. The lowest BCUT2D eigenvalue weighted by molar-refractivity contribution is -0.118.